The van der Waals surface area contributed by atoms with Crippen molar-refractivity contribution in [2.45, 2.75) is 26.4 Å². The van der Waals surface area contributed by atoms with Crippen LogP contribution in [0.3, 0.4) is 0 Å². The topological polar surface area (TPSA) is 29.5 Å². The van der Waals surface area contributed by atoms with Crippen LogP contribution in [-0.2, 0) is 0 Å². The number of hydrogen-bond acceptors (Lipinski definition) is 2. The first kappa shape index (κ1) is 10.1. The van der Waals surface area contributed by atoms with Gasteiger partial charge in [-0.3, -0.25) is 0 Å². The van der Waals surface area contributed by atoms with E-state index in [0.717, 1.165) is 5.75 Å². The van der Waals surface area contributed by atoms with Gasteiger partial charge >= 0.3 is 0 Å². The average molecular weight is 180 g/mol. The summed E-state index contributed by atoms with van der Waals surface area (Å²) in [5.41, 5.74) is 1.22. The van der Waals surface area contributed by atoms with Crippen molar-refractivity contribution in [1.82, 2.24) is 0 Å². The summed E-state index contributed by atoms with van der Waals surface area (Å²) in [5, 5.41) is 8.99. The number of aryl methyl sites for hydroxylation is 1. The SMILES string of the molecule is Cc1ccc(OCCC(C)O)cc1. The van der Waals surface area contributed by atoms with Crippen molar-refractivity contribution >= 4 is 0 Å². The van der Waals surface area contributed by atoms with Crippen LogP contribution in [0.2, 0.25) is 0 Å². The summed E-state index contributed by atoms with van der Waals surface area (Å²) in [6.45, 7) is 4.37. The van der Waals surface area contributed by atoms with E-state index in [4.69, 9.17) is 9.84 Å². The van der Waals surface area contributed by atoms with Crippen molar-refractivity contribution in [3.8, 4) is 5.75 Å². The molecule has 1 rings (SSSR count). The van der Waals surface area contributed by atoms with E-state index in [9.17, 15) is 0 Å². The highest BCUT2D eigenvalue weighted by Crippen LogP contribution is 2.11. The third-order valence-electron chi connectivity index (χ3n) is 1.83. The predicted octanol–water partition coefficient (Wildman–Crippen LogP) is 2.14. The molecule has 0 amide bonds. The van der Waals surface area contributed by atoms with Crippen LogP contribution in [0.4, 0.5) is 0 Å². The summed E-state index contributed by atoms with van der Waals surface area (Å²) in [6.07, 6.45) is 0.388. The number of benzene rings is 1. The van der Waals surface area contributed by atoms with Gasteiger partial charge in [-0.1, -0.05) is 17.7 Å². The average Bonchev–Trinajstić information content (AvgIpc) is 2.08. The number of aliphatic hydroxyl groups excluding tert-OH is 1. The van der Waals surface area contributed by atoms with E-state index in [2.05, 4.69) is 0 Å². The van der Waals surface area contributed by atoms with Crippen molar-refractivity contribution in [2.75, 3.05) is 6.61 Å². The van der Waals surface area contributed by atoms with Crippen molar-refractivity contribution in [3.05, 3.63) is 29.8 Å². The monoisotopic (exact) mass is 180 g/mol. The lowest BCUT2D eigenvalue weighted by atomic mass is 10.2. The van der Waals surface area contributed by atoms with E-state index in [0.29, 0.717) is 13.0 Å². The fraction of sp³-hybridized carbons (Fsp3) is 0.455. The van der Waals surface area contributed by atoms with Crippen LogP contribution in [0.25, 0.3) is 0 Å². The second-order valence-corrected chi connectivity index (χ2v) is 3.30. The van der Waals surface area contributed by atoms with E-state index in [1.165, 1.54) is 5.56 Å². The van der Waals surface area contributed by atoms with Crippen LogP contribution in [0.1, 0.15) is 18.9 Å². The summed E-state index contributed by atoms with van der Waals surface area (Å²) >= 11 is 0. The maximum atomic E-state index is 8.99. The van der Waals surface area contributed by atoms with Gasteiger partial charge in [0.1, 0.15) is 5.75 Å². The lowest BCUT2D eigenvalue weighted by molar-refractivity contribution is 0.155. The molecule has 2 heteroatoms. The standard InChI is InChI=1S/C11H16O2/c1-9-3-5-11(6-4-9)13-8-7-10(2)12/h3-6,10,12H,7-8H2,1-2H3. The lowest BCUT2D eigenvalue weighted by Gasteiger charge is -2.07. The van der Waals surface area contributed by atoms with Crippen LogP contribution < -0.4 is 4.74 Å². The highest BCUT2D eigenvalue weighted by Gasteiger charge is 1.96. The van der Waals surface area contributed by atoms with E-state index in [1.807, 2.05) is 31.2 Å². The first-order chi connectivity index (χ1) is 6.18. The Labute approximate surface area is 79.2 Å². The molecule has 0 fully saturated rings. The van der Waals surface area contributed by atoms with Gasteiger partial charge in [0.25, 0.3) is 0 Å². The van der Waals surface area contributed by atoms with Crippen LogP contribution >= 0.6 is 0 Å². The van der Waals surface area contributed by atoms with E-state index >= 15 is 0 Å². The molecule has 0 aliphatic heterocycles. The van der Waals surface area contributed by atoms with Gasteiger partial charge in [-0.2, -0.15) is 0 Å². The molecule has 0 aromatic heterocycles. The highest BCUT2D eigenvalue weighted by molar-refractivity contribution is 5.26. The molecule has 0 radical (unpaired) electrons. The molecule has 1 aromatic carbocycles. The normalized spacial score (nSPS) is 12.5. The number of rotatable bonds is 4. The molecule has 0 heterocycles. The van der Waals surface area contributed by atoms with Gasteiger partial charge in [0.2, 0.25) is 0 Å². The molecule has 0 aliphatic rings. The van der Waals surface area contributed by atoms with E-state index in [1.54, 1.807) is 6.92 Å². The Hall–Kier alpha value is -1.02. The molecular formula is C11H16O2. The summed E-state index contributed by atoms with van der Waals surface area (Å²) in [6, 6.07) is 7.91. The molecular weight excluding hydrogens is 164 g/mol. The van der Waals surface area contributed by atoms with E-state index in [-0.39, 0.29) is 6.10 Å². The van der Waals surface area contributed by atoms with Gasteiger partial charge in [0.15, 0.2) is 0 Å². The molecule has 13 heavy (non-hydrogen) atoms. The fourth-order valence-electron chi connectivity index (χ4n) is 0.982. The first-order valence-electron chi connectivity index (χ1n) is 4.56. The van der Waals surface area contributed by atoms with Crippen molar-refractivity contribution < 1.29 is 9.84 Å². The maximum Gasteiger partial charge on any atom is 0.119 e. The van der Waals surface area contributed by atoms with Crippen molar-refractivity contribution in [1.29, 1.82) is 0 Å². The smallest absolute Gasteiger partial charge is 0.119 e. The number of ether oxygens (including phenoxy) is 1. The second kappa shape index (κ2) is 4.87. The third kappa shape index (κ3) is 3.95. The zero-order valence-electron chi connectivity index (χ0n) is 8.16. The molecule has 1 N–H and O–H groups in total. The third-order valence-corrected chi connectivity index (χ3v) is 1.83. The van der Waals surface area contributed by atoms with E-state index < -0.39 is 0 Å². The maximum absolute atomic E-state index is 8.99. The second-order valence-electron chi connectivity index (χ2n) is 3.30. The molecule has 0 saturated heterocycles. The highest BCUT2D eigenvalue weighted by atomic mass is 16.5. The van der Waals surface area contributed by atoms with Crippen molar-refractivity contribution in [2.24, 2.45) is 0 Å². The molecule has 72 valence electrons. The molecule has 0 aliphatic carbocycles. The molecule has 1 unspecified atom stereocenters. The molecule has 0 saturated carbocycles. The van der Waals surface area contributed by atoms with Gasteiger partial charge in [-0.05, 0) is 26.0 Å². The Morgan fingerprint density at radius 2 is 1.92 bits per heavy atom. The van der Waals surface area contributed by atoms with Gasteiger partial charge in [0, 0.05) is 6.42 Å². The van der Waals surface area contributed by atoms with Crippen LogP contribution in [0.5, 0.6) is 5.75 Å². The summed E-state index contributed by atoms with van der Waals surface area (Å²) in [5.74, 6) is 0.867. The summed E-state index contributed by atoms with van der Waals surface area (Å²) in [4.78, 5) is 0. The predicted molar refractivity (Wildman–Crippen MR) is 53.0 cm³/mol. The van der Waals surface area contributed by atoms with Crippen molar-refractivity contribution in [3.63, 3.8) is 0 Å². The minimum Gasteiger partial charge on any atom is -0.493 e. The van der Waals surface area contributed by atoms with Gasteiger partial charge in [0.05, 0.1) is 12.7 Å². The molecule has 1 atom stereocenters. The minimum absolute atomic E-state index is 0.287. The van der Waals surface area contributed by atoms with Gasteiger partial charge in [-0.15, -0.1) is 0 Å². The first-order valence-corrected chi connectivity index (χ1v) is 4.56. The molecule has 0 spiro atoms. The fourth-order valence-corrected chi connectivity index (χ4v) is 0.982. The minimum atomic E-state index is -0.287. The molecule has 0 bridgehead atoms. The Morgan fingerprint density at radius 1 is 1.31 bits per heavy atom. The zero-order valence-corrected chi connectivity index (χ0v) is 8.16. The Balaban J connectivity index is 2.33. The largest absolute Gasteiger partial charge is 0.493 e. The summed E-state index contributed by atoms with van der Waals surface area (Å²) in [7, 11) is 0. The van der Waals surface area contributed by atoms with Crippen LogP contribution in [0.15, 0.2) is 24.3 Å². The van der Waals surface area contributed by atoms with Gasteiger partial charge < -0.3 is 9.84 Å². The molecule has 2 nitrogen and oxygen atoms in total. The zero-order chi connectivity index (χ0) is 9.68. The Morgan fingerprint density at radius 3 is 2.46 bits per heavy atom. The van der Waals surface area contributed by atoms with Gasteiger partial charge in [-0.25, -0.2) is 0 Å². The van der Waals surface area contributed by atoms with Crippen LogP contribution in [-0.4, -0.2) is 17.8 Å². The Bertz CT molecular complexity index is 239. The quantitative estimate of drug-likeness (QED) is 0.769. The summed E-state index contributed by atoms with van der Waals surface area (Å²) < 4.78 is 5.41. The number of aliphatic hydroxyl groups is 1. The lowest BCUT2D eigenvalue weighted by Crippen LogP contribution is -2.07. The van der Waals surface area contributed by atoms with Crippen LogP contribution in [0, 0.1) is 6.92 Å². The Kier molecular flexibility index (Phi) is 3.77. The number of hydrogen-bond donors (Lipinski definition) is 1. The molecule has 1 aromatic rings.